The zero-order chi connectivity index (χ0) is 20.3. The molecular weight excluding hydrogens is 378 g/mol. The standard InChI is InChI=1S/C19H25N5O3S/c1-19(2,3)27-18(26)21-9-12-5-7-20-10-14(12)22-16(25)17-23-13-6-8-24(4)11-15(13)28-17/h5,7,10H,6,8-9,11H2,1-4H3,(H,21,26)(H,22,25). The molecule has 0 aliphatic carbocycles. The Morgan fingerprint density at radius 2 is 2.14 bits per heavy atom. The highest BCUT2D eigenvalue weighted by atomic mass is 32.1. The second kappa shape index (κ2) is 8.24. The molecule has 9 heteroatoms. The molecule has 3 heterocycles. The molecule has 2 aromatic rings. The first-order valence-corrected chi connectivity index (χ1v) is 9.91. The number of thiazole rings is 1. The number of likely N-dealkylation sites (N-methyl/N-ethyl adjacent to an activating group) is 1. The number of amides is 2. The fraction of sp³-hybridized carbons (Fsp3) is 0.474. The summed E-state index contributed by atoms with van der Waals surface area (Å²) >= 11 is 1.42. The Bertz CT molecular complexity index is 875. The van der Waals surface area contributed by atoms with Gasteiger partial charge in [0.1, 0.15) is 5.60 Å². The van der Waals surface area contributed by atoms with Crippen LogP contribution in [0.3, 0.4) is 0 Å². The number of aromatic nitrogens is 2. The van der Waals surface area contributed by atoms with Gasteiger partial charge in [0.2, 0.25) is 0 Å². The minimum absolute atomic E-state index is 0.214. The first-order valence-electron chi connectivity index (χ1n) is 9.09. The Balaban J connectivity index is 1.66. The van der Waals surface area contributed by atoms with Crippen LogP contribution in [0.15, 0.2) is 18.5 Å². The lowest BCUT2D eigenvalue weighted by atomic mass is 10.2. The lowest BCUT2D eigenvalue weighted by Gasteiger charge is -2.20. The van der Waals surface area contributed by atoms with Crippen LogP contribution in [-0.4, -0.2) is 46.1 Å². The first kappa shape index (κ1) is 20.2. The van der Waals surface area contributed by atoms with E-state index in [9.17, 15) is 9.59 Å². The zero-order valence-electron chi connectivity index (χ0n) is 16.5. The SMILES string of the molecule is CN1CCc2nc(C(=O)Nc3cnccc3CNC(=O)OC(C)(C)C)sc2C1. The van der Waals surface area contributed by atoms with Crippen molar-refractivity contribution in [2.45, 2.75) is 45.9 Å². The molecule has 28 heavy (non-hydrogen) atoms. The molecule has 150 valence electrons. The van der Waals surface area contributed by atoms with Gasteiger partial charge in [-0.2, -0.15) is 0 Å². The highest BCUT2D eigenvalue weighted by molar-refractivity contribution is 7.13. The number of hydrogen-bond acceptors (Lipinski definition) is 7. The Morgan fingerprint density at radius 1 is 1.36 bits per heavy atom. The van der Waals surface area contributed by atoms with E-state index in [-0.39, 0.29) is 12.5 Å². The Labute approximate surface area is 168 Å². The second-order valence-electron chi connectivity index (χ2n) is 7.72. The highest BCUT2D eigenvalue weighted by Gasteiger charge is 2.22. The molecule has 0 spiro atoms. The molecular formula is C19H25N5O3S. The number of anilines is 1. The van der Waals surface area contributed by atoms with Gasteiger partial charge < -0.3 is 20.3 Å². The molecule has 0 saturated carbocycles. The maximum Gasteiger partial charge on any atom is 0.407 e. The van der Waals surface area contributed by atoms with E-state index in [4.69, 9.17) is 4.74 Å². The Kier molecular flexibility index (Phi) is 5.95. The summed E-state index contributed by atoms with van der Waals surface area (Å²) in [4.78, 5) is 36.5. The first-order chi connectivity index (χ1) is 13.2. The van der Waals surface area contributed by atoms with Gasteiger partial charge in [0.25, 0.3) is 5.91 Å². The van der Waals surface area contributed by atoms with Crippen LogP contribution in [0.4, 0.5) is 10.5 Å². The number of rotatable bonds is 4. The summed E-state index contributed by atoms with van der Waals surface area (Å²) in [5.74, 6) is -0.270. The lowest BCUT2D eigenvalue weighted by molar-refractivity contribution is 0.0523. The number of alkyl carbamates (subject to hydrolysis) is 1. The maximum absolute atomic E-state index is 12.7. The molecule has 2 N–H and O–H groups in total. The minimum atomic E-state index is -0.572. The van der Waals surface area contributed by atoms with E-state index < -0.39 is 11.7 Å². The Hall–Kier alpha value is -2.52. The van der Waals surface area contributed by atoms with Crippen LogP contribution in [0.25, 0.3) is 0 Å². The zero-order valence-corrected chi connectivity index (χ0v) is 17.4. The van der Waals surface area contributed by atoms with Crippen LogP contribution in [0, 0.1) is 0 Å². The van der Waals surface area contributed by atoms with Crippen molar-refractivity contribution in [3.05, 3.63) is 39.6 Å². The van der Waals surface area contributed by atoms with Gasteiger partial charge in [-0.05, 0) is 39.4 Å². The number of carbonyl (C=O) groups is 2. The third kappa shape index (κ3) is 5.26. The number of pyridine rings is 1. The topological polar surface area (TPSA) is 96.5 Å². The minimum Gasteiger partial charge on any atom is -0.444 e. The fourth-order valence-electron chi connectivity index (χ4n) is 2.77. The highest BCUT2D eigenvalue weighted by Crippen LogP contribution is 2.25. The van der Waals surface area contributed by atoms with Gasteiger partial charge in [0.15, 0.2) is 5.01 Å². The van der Waals surface area contributed by atoms with Crippen molar-refractivity contribution >= 4 is 29.0 Å². The predicted octanol–water partition coefficient (Wildman–Crippen LogP) is 2.80. The summed E-state index contributed by atoms with van der Waals surface area (Å²) in [5.41, 5.74) is 1.70. The van der Waals surface area contributed by atoms with Crippen LogP contribution >= 0.6 is 11.3 Å². The van der Waals surface area contributed by atoms with Crippen molar-refractivity contribution in [3.8, 4) is 0 Å². The summed E-state index contributed by atoms with van der Waals surface area (Å²) in [7, 11) is 2.06. The Morgan fingerprint density at radius 3 is 2.89 bits per heavy atom. The number of fused-ring (bicyclic) bond motifs is 1. The number of nitrogens with one attached hydrogen (secondary N) is 2. The average molecular weight is 404 g/mol. The predicted molar refractivity (Wildman–Crippen MR) is 107 cm³/mol. The maximum atomic E-state index is 12.7. The molecule has 0 aromatic carbocycles. The summed E-state index contributed by atoms with van der Waals surface area (Å²) in [6, 6.07) is 1.74. The van der Waals surface area contributed by atoms with Gasteiger partial charge in [-0.3, -0.25) is 9.78 Å². The van der Waals surface area contributed by atoms with Crippen molar-refractivity contribution in [3.63, 3.8) is 0 Å². The van der Waals surface area contributed by atoms with Crippen LogP contribution in [-0.2, 0) is 24.2 Å². The molecule has 2 amide bonds. The third-order valence-electron chi connectivity index (χ3n) is 4.10. The molecule has 0 bridgehead atoms. The molecule has 0 unspecified atom stereocenters. The molecule has 0 atom stereocenters. The van der Waals surface area contributed by atoms with Crippen molar-refractivity contribution in [1.29, 1.82) is 0 Å². The summed E-state index contributed by atoms with van der Waals surface area (Å²) in [5, 5.41) is 5.99. The smallest absolute Gasteiger partial charge is 0.407 e. The van der Waals surface area contributed by atoms with Gasteiger partial charge in [0.05, 0.1) is 17.6 Å². The molecule has 0 saturated heterocycles. The monoisotopic (exact) mass is 403 g/mol. The number of carbonyl (C=O) groups excluding carboxylic acids is 2. The summed E-state index contributed by atoms with van der Waals surface area (Å²) in [6.45, 7) is 7.38. The van der Waals surface area contributed by atoms with Crippen LogP contribution in [0.2, 0.25) is 0 Å². The number of ether oxygens (including phenoxy) is 1. The van der Waals surface area contributed by atoms with Gasteiger partial charge in [-0.25, -0.2) is 9.78 Å². The van der Waals surface area contributed by atoms with E-state index in [1.54, 1.807) is 39.2 Å². The largest absolute Gasteiger partial charge is 0.444 e. The summed E-state index contributed by atoms with van der Waals surface area (Å²) < 4.78 is 5.24. The van der Waals surface area contributed by atoms with Crippen molar-refractivity contribution < 1.29 is 14.3 Å². The fourth-order valence-corrected chi connectivity index (χ4v) is 3.85. The normalized spacial score (nSPS) is 14.3. The average Bonchev–Trinajstić information content (AvgIpc) is 3.03. The second-order valence-corrected chi connectivity index (χ2v) is 8.80. The third-order valence-corrected chi connectivity index (χ3v) is 5.18. The van der Waals surface area contributed by atoms with Gasteiger partial charge >= 0.3 is 6.09 Å². The van der Waals surface area contributed by atoms with Crippen molar-refractivity contribution in [2.75, 3.05) is 18.9 Å². The van der Waals surface area contributed by atoms with E-state index in [0.29, 0.717) is 10.7 Å². The van der Waals surface area contributed by atoms with E-state index in [2.05, 4.69) is 32.5 Å². The number of nitrogens with zero attached hydrogens (tertiary/aromatic N) is 3. The van der Waals surface area contributed by atoms with Crippen molar-refractivity contribution in [2.24, 2.45) is 0 Å². The quantitative estimate of drug-likeness (QED) is 0.815. The van der Waals surface area contributed by atoms with Gasteiger partial charge in [-0.15, -0.1) is 11.3 Å². The van der Waals surface area contributed by atoms with Crippen LogP contribution in [0.5, 0.6) is 0 Å². The van der Waals surface area contributed by atoms with Crippen LogP contribution < -0.4 is 10.6 Å². The molecule has 1 aliphatic heterocycles. The molecule has 2 aromatic heterocycles. The van der Waals surface area contributed by atoms with Crippen LogP contribution in [0.1, 0.15) is 46.7 Å². The molecule has 3 rings (SSSR count). The molecule has 1 aliphatic rings. The van der Waals surface area contributed by atoms with E-state index in [0.717, 1.165) is 35.6 Å². The molecule has 0 radical (unpaired) electrons. The van der Waals surface area contributed by atoms with Crippen molar-refractivity contribution in [1.82, 2.24) is 20.2 Å². The lowest BCUT2D eigenvalue weighted by Crippen LogP contribution is -2.32. The number of hydrogen-bond donors (Lipinski definition) is 2. The van der Waals surface area contributed by atoms with E-state index >= 15 is 0 Å². The van der Waals surface area contributed by atoms with Gasteiger partial charge in [-0.1, -0.05) is 0 Å². The van der Waals surface area contributed by atoms with E-state index in [1.807, 2.05) is 0 Å². The molecule has 0 fully saturated rings. The summed E-state index contributed by atoms with van der Waals surface area (Å²) in [6.07, 6.45) is 3.51. The van der Waals surface area contributed by atoms with E-state index in [1.165, 1.54) is 11.3 Å². The van der Waals surface area contributed by atoms with Gasteiger partial charge in [0, 0.05) is 37.1 Å². The molecule has 8 nitrogen and oxygen atoms in total.